The molecule has 1 aromatic carbocycles. The number of nitrogens with one attached hydrogen (secondary N) is 1. The molecule has 1 aliphatic carbocycles. The standard InChI is InChI=1S/C20H19N5OS/c1-11-7-8-16(12(2)9-11)25-23-13(3)18(24-25)19(26)22-20-15(10-21)14-5-4-6-17(14)27-20/h7-9H,4-6H2,1-3H3,(H,22,26). The van der Waals surface area contributed by atoms with Crippen molar-refractivity contribution in [2.45, 2.75) is 40.0 Å². The Morgan fingerprint density at radius 2 is 2.07 bits per heavy atom. The van der Waals surface area contributed by atoms with Gasteiger partial charge in [0.15, 0.2) is 5.69 Å². The van der Waals surface area contributed by atoms with Crippen LogP contribution in [0.4, 0.5) is 5.00 Å². The van der Waals surface area contributed by atoms with Crippen molar-refractivity contribution < 1.29 is 4.79 Å². The molecule has 3 aromatic rings. The molecule has 0 saturated heterocycles. The second-order valence-corrected chi connectivity index (χ2v) is 7.95. The summed E-state index contributed by atoms with van der Waals surface area (Å²) in [6.07, 6.45) is 2.96. The van der Waals surface area contributed by atoms with Gasteiger partial charge in [-0.15, -0.1) is 16.4 Å². The lowest BCUT2D eigenvalue weighted by Crippen LogP contribution is -2.14. The van der Waals surface area contributed by atoms with Crippen LogP contribution in [0.3, 0.4) is 0 Å². The molecule has 0 aliphatic heterocycles. The van der Waals surface area contributed by atoms with Crippen LogP contribution in [0, 0.1) is 32.1 Å². The van der Waals surface area contributed by atoms with Gasteiger partial charge in [0.25, 0.3) is 5.91 Å². The number of amides is 1. The number of carbonyl (C=O) groups is 1. The second-order valence-electron chi connectivity index (χ2n) is 6.84. The van der Waals surface area contributed by atoms with Crippen LogP contribution in [-0.2, 0) is 12.8 Å². The second kappa shape index (κ2) is 6.63. The average Bonchev–Trinajstić information content (AvgIpc) is 3.29. The fourth-order valence-electron chi connectivity index (χ4n) is 3.50. The normalized spacial score (nSPS) is 12.7. The first-order chi connectivity index (χ1) is 13.0. The molecular formula is C20H19N5OS. The molecular weight excluding hydrogens is 358 g/mol. The van der Waals surface area contributed by atoms with Crippen molar-refractivity contribution in [1.29, 1.82) is 5.26 Å². The number of anilines is 1. The van der Waals surface area contributed by atoms with E-state index in [0.717, 1.165) is 41.6 Å². The molecule has 0 radical (unpaired) electrons. The highest BCUT2D eigenvalue weighted by Gasteiger charge is 2.25. The molecule has 2 heterocycles. The third-order valence-corrected chi connectivity index (χ3v) is 6.03. The van der Waals surface area contributed by atoms with Crippen molar-refractivity contribution in [3.8, 4) is 11.8 Å². The van der Waals surface area contributed by atoms with E-state index in [1.54, 1.807) is 6.92 Å². The minimum atomic E-state index is -0.333. The summed E-state index contributed by atoms with van der Waals surface area (Å²) in [5.74, 6) is -0.333. The summed E-state index contributed by atoms with van der Waals surface area (Å²) in [5, 5.41) is 21.8. The summed E-state index contributed by atoms with van der Waals surface area (Å²) in [6, 6.07) is 8.24. The van der Waals surface area contributed by atoms with Crippen LogP contribution in [0.2, 0.25) is 0 Å². The Morgan fingerprint density at radius 3 is 2.81 bits per heavy atom. The third-order valence-electron chi connectivity index (χ3n) is 4.83. The highest BCUT2D eigenvalue weighted by Crippen LogP contribution is 2.38. The van der Waals surface area contributed by atoms with Gasteiger partial charge in [0.2, 0.25) is 0 Å². The van der Waals surface area contributed by atoms with Crippen LogP contribution in [0.25, 0.3) is 5.69 Å². The highest BCUT2D eigenvalue weighted by atomic mass is 32.1. The number of hydrogen-bond acceptors (Lipinski definition) is 5. The highest BCUT2D eigenvalue weighted by molar-refractivity contribution is 7.16. The van der Waals surface area contributed by atoms with E-state index >= 15 is 0 Å². The number of thiophene rings is 1. The van der Waals surface area contributed by atoms with Gasteiger partial charge in [-0.25, -0.2) is 0 Å². The largest absolute Gasteiger partial charge is 0.311 e. The van der Waals surface area contributed by atoms with E-state index in [2.05, 4.69) is 27.6 Å². The van der Waals surface area contributed by atoms with E-state index in [1.807, 2.05) is 26.0 Å². The SMILES string of the molecule is Cc1ccc(-n2nc(C)c(C(=O)Nc3sc4c(c3C#N)CCC4)n2)c(C)c1. The van der Waals surface area contributed by atoms with Crippen LogP contribution in [0.1, 0.15) is 49.7 Å². The summed E-state index contributed by atoms with van der Waals surface area (Å²) in [6.45, 7) is 5.79. The van der Waals surface area contributed by atoms with E-state index < -0.39 is 0 Å². The number of nitrogens with zero attached hydrogens (tertiary/aromatic N) is 4. The maximum atomic E-state index is 12.8. The van der Waals surface area contributed by atoms with Crippen LogP contribution < -0.4 is 5.32 Å². The topological polar surface area (TPSA) is 83.6 Å². The Morgan fingerprint density at radius 1 is 1.26 bits per heavy atom. The van der Waals surface area contributed by atoms with Crippen molar-refractivity contribution in [3.05, 3.63) is 56.7 Å². The molecule has 4 rings (SSSR count). The molecule has 6 nitrogen and oxygen atoms in total. The smallest absolute Gasteiger partial charge is 0.278 e. The Labute approximate surface area is 161 Å². The quantitative estimate of drug-likeness (QED) is 0.751. The fraction of sp³-hybridized carbons (Fsp3) is 0.300. The molecule has 0 unspecified atom stereocenters. The fourth-order valence-corrected chi connectivity index (χ4v) is 4.73. The molecule has 1 N–H and O–H groups in total. The molecule has 136 valence electrons. The van der Waals surface area contributed by atoms with E-state index in [-0.39, 0.29) is 11.6 Å². The Kier molecular flexibility index (Phi) is 4.28. The Hall–Kier alpha value is -2.98. The molecule has 0 bridgehead atoms. The predicted octanol–water partition coefficient (Wildman–Crippen LogP) is 3.87. The van der Waals surface area contributed by atoms with E-state index in [4.69, 9.17) is 0 Å². The summed E-state index contributed by atoms with van der Waals surface area (Å²) in [5.41, 5.74) is 5.55. The molecule has 0 spiro atoms. The number of hydrogen-bond donors (Lipinski definition) is 1. The molecule has 2 aromatic heterocycles. The molecule has 1 amide bonds. The third kappa shape index (κ3) is 3.02. The molecule has 0 saturated carbocycles. The summed E-state index contributed by atoms with van der Waals surface area (Å²) in [4.78, 5) is 15.5. The van der Waals surface area contributed by atoms with Crippen molar-refractivity contribution in [2.75, 3.05) is 5.32 Å². The summed E-state index contributed by atoms with van der Waals surface area (Å²) in [7, 11) is 0. The number of carbonyl (C=O) groups excluding carboxylic acids is 1. The zero-order chi connectivity index (χ0) is 19.1. The van der Waals surface area contributed by atoms with E-state index in [9.17, 15) is 10.1 Å². The minimum Gasteiger partial charge on any atom is -0.311 e. The van der Waals surface area contributed by atoms with Gasteiger partial charge < -0.3 is 5.32 Å². The van der Waals surface area contributed by atoms with Gasteiger partial charge in [-0.05, 0) is 57.2 Å². The van der Waals surface area contributed by atoms with E-state index in [0.29, 0.717) is 16.3 Å². The monoisotopic (exact) mass is 377 g/mol. The number of rotatable bonds is 3. The molecule has 7 heteroatoms. The Balaban J connectivity index is 1.64. The van der Waals surface area contributed by atoms with Gasteiger partial charge in [0.05, 0.1) is 16.9 Å². The first kappa shape index (κ1) is 17.4. The minimum absolute atomic E-state index is 0.271. The van der Waals surface area contributed by atoms with Crippen LogP contribution in [-0.4, -0.2) is 20.9 Å². The van der Waals surface area contributed by atoms with Gasteiger partial charge in [-0.3, -0.25) is 4.79 Å². The van der Waals surface area contributed by atoms with Gasteiger partial charge in [-0.2, -0.15) is 15.2 Å². The number of fused-ring (bicyclic) bond motifs is 1. The number of aromatic nitrogens is 3. The molecule has 0 atom stereocenters. The van der Waals surface area contributed by atoms with Crippen LogP contribution in [0.15, 0.2) is 18.2 Å². The predicted molar refractivity (Wildman–Crippen MR) is 105 cm³/mol. The number of nitriles is 1. The average molecular weight is 377 g/mol. The van der Waals surface area contributed by atoms with Gasteiger partial charge in [0, 0.05) is 4.88 Å². The maximum absolute atomic E-state index is 12.8. The first-order valence-corrected chi connectivity index (χ1v) is 9.67. The Bertz CT molecular complexity index is 1100. The lowest BCUT2D eigenvalue weighted by atomic mass is 10.1. The first-order valence-electron chi connectivity index (χ1n) is 8.85. The maximum Gasteiger partial charge on any atom is 0.278 e. The zero-order valence-electron chi connectivity index (χ0n) is 15.5. The van der Waals surface area contributed by atoms with Crippen molar-refractivity contribution >= 4 is 22.2 Å². The molecule has 0 fully saturated rings. The summed E-state index contributed by atoms with van der Waals surface area (Å²) < 4.78 is 0. The summed E-state index contributed by atoms with van der Waals surface area (Å²) >= 11 is 1.50. The van der Waals surface area contributed by atoms with Crippen molar-refractivity contribution in [3.63, 3.8) is 0 Å². The number of aryl methyl sites for hydroxylation is 4. The molecule has 1 aliphatic rings. The van der Waals surface area contributed by atoms with Crippen LogP contribution in [0.5, 0.6) is 0 Å². The van der Waals surface area contributed by atoms with Crippen molar-refractivity contribution in [1.82, 2.24) is 15.0 Å². The molecule has 27 heavy (non-hydrogen) atoms. The van der Waals surface area contributed by atoms with Gasteiger partial charge in [0.1, 0.15) is 11.1 Å². The van der Waals surface area contributed by atoms with Crippen molar-refractivity contribution in [2.24, 2.45) is 0 Å². The van der Waals surface area contributed by atoms with Crippen LogP contribution >= 0.6 is 11.3 Å². The lowest BCUT2D eigenvalue weighted by molar-refractivity contribution is 0.102. The number of benzene rings is 1. The zero-order valence-corrected chi connectivity index (χ0v) is 16.3. The van der Waals surface area contributed by atoms with E-state index in [1.165, 1.54) is 21.0 Å². The lowest BCUT2D eigenvalue weighted by Gasteiger charge is -2.05. The van der Waals surface area contributed by atoms with Gasteiger partial charge >= 0.3 is 0 Å². The van der Waals surface area contributed by atoms with Gasteiger partial charge in [-0.1, -0.05) is 17.7 Å².